The van der Waals surface area contributed by atoms with Crippen molar-refractivity contribution in [3.8, 4) is 0 Å². The maximum Gasteiger partial charge on any atom is 0.332 e. The molecule has 164 valence electrons. The number of nitrogens with zero attached hydrogens (tertiary/aromatic N) is 4. The fraction of sp³-hybridized carbons (Fsp3) is 0.435. The number of likely N-dealkylation sites (tertiary alicyclic amines) is 1. The maximum atomic E-state index is 12.7. The second-order valence-electron chi connectivity index (χ2n) is 8.08. The zero-order chi connectivity index (χ0) is 22.0. The first-order valence-electron chi connectivity index (χ1n) is 10.5. The Morgan fingerprint density at radius 2 is 1.81 bits per heavy atom. The highest BCUT2D eigenvalue weighted by Gasteiger charge is 2.23. The van der Waals surface area contributed by atoms with Gasteiger partial charge in [0.2, 0.25) is 0 Å². The quantitative estimate of drug-likeness (QED) is 0.587. The highest BCUT2D eigenvalue weighted by molar-refractivity contribution is 6.30. The first kappa shape index (κ1) is 21.7. The summed E-state index contributed by atoms with van der Waals surface area (Å²) in [7, 11) is 3.09. The van der Waals surface area contributed by atoms with Crippen LogP contribution in [-0.4, -0.2) is 45.8 Å². The molecule has 1 aliphatic rings. The minimum atomic E-state index is -0.364. The lowest BCUT2D eigenvalue weighted by molar-refractivity contribution is 0.186. The topological polar surface area (TPSA) is 69.4 Å². The number of hydrogen-bond acceptors (Lipinski definition) is 5. The molecule has 2 aromatic heterocycles. The van der Waals surface area contributed by atoms with Gasteiger partial charge in [-0.1, -0.05) is 23.7 Å². The number of aromatic nitrogens is 3. The molecule has 0 amide bonds. The number of halogens is 1. The standard InChI is InChI=1S/C23H27ClN4O3/c1-26-22(29)19-7-8-20(25-21(19)28(23(26)30)13-14-31-2)17-9-11-27(12-10-17)15-16-3-5-18(24)6-4-16/h3-8,17H,9-15H2,1-2H3. The van der Waals surface area contributed by atoms with Crippen molar-refractivity contribution >= 4 is 22.6 Å². The van der Waals surface area contributed by atoms with E-state index < -0.39 is 0 Å². The second kappa shape index (κ2) is 9.34. The fourth-order valence-corrected chi connectivity index (χ4v) is 4.35. The van der Waals surface area contributed by atoms with Crippen LogP contribution >= 0.6 is 11.6 Å². The molecule has 4 rings (SSSR count). The zero-order valence-electron chi connectivity index (χ0n) is 17.9. The third-order valence-electron chi connectivity index (χ3n) is 6.05. The van der Waals surface area contributed by atoms with Crippen molar-refractivity contribution in [3.05, 3.63) is 73.5 Å². The Balaban J connectivity index is 1.55. The zero-order valence-corrected chi connectivity index (χ0v) is 18.6. The minimum absolute atomic E-state index is 0.306. The van der Waals surface area contributed by atoms with Gasteiger partial charge in [-0.15, -0.1) is 0 Å². The van der Waals surface area contributed by atoms with E-state index in [-0.39, 0.29) is 11.2 Å². The molecule has 1 aliphatic heterocycles. The minimum Gasteiger partial charge on any atom is -0.383 e. The van der Waals surface area contributed by atoms with Crippen molar-refractivity contribution in [2.75, 3.05) is 26.8 Å². The molecule has 0 saturated carbocycles. The first-order valence-corrected chi connectivity index (χ1v) is 10.9. The van der Waals surface area contributed by atoms with Gasteiger partial charge in [0.25, 0.3) is 5.56 Å². The largest absolute Gasteiger partial charge is 0.383 e. The van der Waals surface area contributed by atoms with Gasteiger partial charge >= 0.3 is 5.69 Å². The Labute approximate surface area is 185 Å². The van der Waals surface area contributed by atoms with E-state index in [4.69, 9.17) is 21.3 Å². The SMILES string of the molecule is COCCn1c(=O)n(C)c(=O)c2ccc(C3CCN(Cc4ccc(Cl)cc4)CC3)nc21. The molecule has 7 nitrogen and oxygen atoms in total. The van der Waals surface area contributed by atoms with E-state index in [9.17, 15) is 9.59 Å². The average molecular weight is 443 g/mol. The molecule has 0 radical (unpaired) electrons. The smallest absolute Gasteiger partial charge is 0.332 e. The van der Waals surface area contributed by atoms with Crippen molar-refractivity contribution in [1.29, 1.82) is 0 Å². The molecule has 0 unspecified atom stereocenters. The van der Waals surface area contributed by atoms with Crippen LogP contribution in [0.2, 0.25) is 5.02 Å². The van der Waals surface area contributed by atoms with Gasteiger partial charge in [0, 0.05) is 37.3 Å². The van der Waals surface area contributed by atoms with Crippen LogP contribution in [0.1, 0.15) is 30.0 Å². The summed E-state index contributed by atoms with van der Waals surface area (Å²) in [6, 6.07) is 11.7. The molecule has 3 aromatic rings. The van der Waals surface area contributed by atoms with Crippen molar-refractivity contribution in [1.82, 2.24) is 19.0 Å². The summed E-state index contributed by atoms with van der Waals surface area (Å²) in [5, 5.41) is 1.21. The molecule has 1 saturated heterocycles. The summed E-state index contributed by atoms with van der Waals surface area (Å²) >= 11 is 5.98. The van der Waals surface area contributed by atoms with Crippen LogP contribution in [0.4, 0.5) is 0 Å². The number of methoxy groups -OCH3 is 1. The molecule has 0 spiro atoms. The molecule has 3 heterocycles. The Bertz CT molecular complexity index is 1180. The molecule has 0 atom stereocenters. The molecule has 0 aliphatic carbocycles. The van der Waals surface area contributed by atoms with Crippen LogP contribution in [0.25, 0.3) is 11.0 Å². The monoisotopic (exact) mass is 442 g/mol. The summed E-state index contributed by atoms with van der Waals surface area (Å²) < 4.78 is 7.82. The summed E-state index contributed by atoms with van der Waals surface area (Å²) in [6.07, 6.45) is 1.97. The van der Waals surface area contributed by atoms with Crippen LogP contribution in [0.15, 0.2) is 46.0 Å². The van der Waals surface area contributed by atoms with Gasteiger partial charge < -0.3 is 4.74 Å². The number of piperidine rings is 1. The van der Waals surface area contributed by atoms with Gasteiger partial charge in [-0.3, -0.25) is 18.8 Å². The number of benzene rings is 1. The number of hydrogen-bond donors (Lipinski definition) is 0. The lowest BCUT2D eigenvalue weighted by atomic mass is 9.92. The second-order valence-corrected chi connectivity index (χ2v) is 8.51. The van der Waals surface area contributed by atoms with Crippen molar-refractivity contribution in [2.45, 2.75) is 31.8 Å². The normalized spacial score (nSPS) is 15.6. The van der Waals surface area contributed by atoms with E-state index in [1.54, 1.807) is 11.7 Å². The summed E-state index contributed by atoms with van der Waals surface area (Å²) in [5.41, 5.74) is 1.97. The van der Waals surface area contributed by atoms with Gasteiger partial charge in [-0.25, -0.2) is 9.78 Å². The van der Waals surface area contributed by atoms with Crippen molar-refractivity contribution in [2.24, 2.45) is 7.05 Å². The Kier molecular flexibility index (Phi) is 6.55. The summed E-state index contributed by atoms with van der Waals surface area (Å²) in [4.78, 5) is 32.4. The van der Waals surface area contributed by atoms with Crippen LogP contribution < -0.4 is 11.2 Å². The van der Waals surface area contributed by atoms with Crippen molar-refractivity contribution < 1.29 is 4.74 Å². The van der Waals surface area contributed by atoms with Gasteiger partial charge in [0.1, 0.15) is 5.65 Å². The molecule has 8 heteroatoms. The van der Waals surface area contributed by atoms with E-state index in [2.05, 4.69) is 17.0 Å². The molecule has 0 N–H and O–H groups in total. The lowest BCUT2D eigenvalue weighted by Crippen LogP contribution is -2.39. The highest BCUT2D eigenvalue weighted by atomic mass is 35.5. The van der Waals surface area contributed by atoms with Gasteiger partial charge in [0.05, 0.1) is 18.5 Å². The highest BCUT2D eigenvalue weighted by Crippen LogP contribution is 2.28. The van der Waals surface area contributed by atoms with E-state index in [0.29, 0.717) is 30.1 Å². The van der Waals surface area contributed by atoms with Crippen LogP contribution in [0, 0.1) is 0 Å². The Morgan fingerprint density at radius 3 is 2.48 bits per heavy atom. The first-order chi connectivity index (χ1) is 15.0. The Hall–Kier alpha value is -2.48. The third-order valence-corrected chi connectivity index (χ3v) is 6.30. The van der Waals surface area contributed by atoms with E-state index in [0.717, 1.165) is 47.8 Å². The number of pyridine rings is 1. The van der Waals surface area contributed by atoms with Crippen LogP contribution in [-0.2, 0) is 24.9 Å². The average Bonchev–Trinajstić information content (AvgIpc) is 2.79. The lowest BCUT2D eigenvalue weighted by Gasteiger charge is -2.31. The summed E-state index contributed by atoms with van der Waals surface area (Å²) in [5.74, 6) is 0.306. The van der Waals surface area contributed by atoms with E-state index in [1.165, 1.54) is 12.6 Å². The van der Waals surface area contributed by atoms with E-state index >= 15 is 0 Å². The predicted molar refractivity (Wildman–Crippen MR) is 122 cm³/mol. The molecule has 0 bridgehead atoms. The molecule has 1 aromatic carbocycles. The maximum absolute atomic E-state index is 12.7. The van der Waals surface area contributed by atoms with Crippen molar-refractivity contribution in [3.63, 3.8) is 0 Å². The van der Waals surface area contributed by atoms with Crippen LogP contribution in [0.3, 0.4) is 0 Å². The number of fused-ring (bicyclic) bond motifs is 1. The third kappa shape index (κ3) is 4.59. The van der Waals surface area contributed by atoms with Gasteiger partial charge in [0.15, 0.2) is 0 Å². The number of rotatable bonds is 6. The van der Waals surface area contributed by atoms with Crippen LogP contribution in [0.5, 0.6) is 0 Å². The molecular formula is C23H27ClN4O3. The molecule has 31 heavy (non-hydrogen) atoms. The predicted octanol–water partition coefficient (Wildman–Crippen LogP) is 2.77. The Morgan fingerprint density at radius 1 is 1.10 bits per heavy atom. The van der Waals surface area contributed by atoms with E-state index in [1.807, 2.05) is 24.3 Å². The molecular weight excluding hydrogens is 416 g/mol. The number of ether oxygens (including phenoxy) is 1. The van der Waals surface area contributed by atoms with Gasteiger partial charge in [-0.2, -0.15) is 0 Å². The summed E-state index contributed by atoms with van der Waals surface area (Å²) in [6.45, 7) is 3.58. The fourth-order valence-electron chi connectivity index (χ4n) is 4.22. The molecule has 1 fully saturated rings. The van der Waals surface area contributed by atoms with Gasteiger partial charge in [-0.05, 0) is 55.8 Å².